The van der Waals surface area contributed by atoms with Gasteiger partial charge in [-0.25, -0.2) is 4.79 Å². The number of benzene rings is 2. The maximum atomic E-state index is 11.6. The van der Waals surface area contributed by atoms with E-state index in [9.17, 15) is 34.6 Å². The van der Waals surface area contributed by atoms with Crippen molar-refractivity contribution in [3.05, 3.63) is 88.0 Å². The number of carbonyl (C=O) groups is 3. The van der Waals surface area contributed by atoms with Crippen LogP contribution in [0.15, 0.2) is 78.0 Å². The number of nitrogens with two attached hydrogens (primary N) is 1. The molecule has 1 fully saturated rings. The van der Waals surface area contributed by atoms with Crippen LogP contribution in [0.25, 0.3) is 0 Å². The van der Waals surface area contributed by atoms with E-state index in [-0.39, 0.29) is 30.2 Å². The molecule has 1 aliphatic heterocycles. The number of rotatable bonds is 21. The number of amides is 4. The molecule has 4 amide bonds. The number of hydrogen-bond acceptors (Lipinski definition) is 16. The minimum absolute atomic E-state index is 0.0701. The molecule has 1 aliphatic rings. The lowest BCUT2D eigenvalue weighted by atomic mass is 9.78. The Labute approximate surface area is 329 Å². The number of nitro benzene ring substituents is 2. The molecule has 0 aliphatic carbocycles. The zero-order chi connectivity index (χ0) is 42.0. The van der Waals surface area contributed by atoms with E-state index in [1.165, 1.54) is 37.5 Å². The fourth-order valence-corrected chi connectivity index (χ4v) is 5.64. The lowest BCUT2D eigenvalue weighted by Crippen LogP contribution is -2.62. The number of nitrogen functional groups attached to an aromatic ring is 1. The number of aromatic nitrogens is 3. The predicted octanol–water partition coefficient (Wildman–Crippen LogP) is 6.74. The molecule has 1 saturated heterocycles. The summed E-state index contributed by atoms with van der Waals surface area (Å²) < 4.78 is 0. The van der Waals surface area contributed by atoms with Gasteiger partial charge in [-0.3, -0.25) is 40.5 Å². The van der Waals surface area contributed by atoms with E-state index in [0.29, 0.717) is 30.0 Å². The number of non-ortho nitro benzene ring substituents is 1. The zero-order valence-corrected chi connectivity index (χ0v) is 32.3. The lowest BCUT2D eigenvalue weighted by Gasteiger charge is -2.32. The lowest BCUT2D eigenvalue weighted by molar-refractivity contribution is -0.393. The molecule has 0 radical (unpaired) electrons. The molecule has 57 heavy (non-hydrogen) atoms. The second-order valence-corrected chi connectivity index (χ2v) is 13.0. The van der Waals surface area contributed by atoms with Crippen molar-refractivity contribution < 1.29 is 24.2 Å². The van der Waals surface area contributed by atoms with Crippen molar-refractivity contribution in [2.45, 2.75) is 58.8 Å². The first-order valence-corrected chi connectivity index (χ1v) is 18.3. The molecular formula is C37H49N13O7. The number of urea groups is 1. The number of barbiturate groups is 1. The summed E-state index contributed by atoms with van der Waals surface area (Å²) in [5.41, 5.74) is 5.09. The van der Waals surface area contributed by atoms with Gasteiger partial charge in [0.25, 0.3) is 5.69 Å². The largest absolute Gasteiger partial charge is 0.375 e. The van der Waals surface area contributed by atoms with Gasteiger partial charge in [0.15, 0.2) is 5.69 Å². The Morgan fingerprint density at radius 2 is 1.54 bits per heavy atom. The van der Waals surface area contributed by atoms with Gasteiger partial charge < -0.3 is 21.3 Å². The zero-order valence-electron chi connectivity index (χ0n) is 32.3. The van der Waals surface area contributed by atoms with Gasteiger partial charge in [-0.1, -0.05) is 45.3 Å². The molecule has 2 aromatic carbocycles. The number of unbranched alkanes of at least 4 members (excludes halogenated alkanes) is 1. The third-order valence-electron chi connectivity index (χ3n) is 8.94. The minimum Gasteiger partial charge on any atom is -0.375 e. The van der Waals surface area contributed by atoms with Crippen LogP contribution in [-0.2, 0) is 9.59 Å². The van der Waals surface area contributed by atoms with E-state index in [0.717, 1.165) is 43.8 Å². The third-order valence-corrected chi connectivity index (χ3v) is 8.94. The fourth-order valence-electron chi connectivity index (χ4n) is 5.64. The first-order valence-electron chi connectivity index (χ1n) is 18.3. The Balaban J connectivity index is 0.000000485. The van der Waals surface area contributed by atoms with Crippen molar-refractivity contribution in [1.29, 1.82) is 0 Å². The third kappa shape index (κ3) is 13.1. The van der Waals surface area contributed by atoms with Crippen LogP contribution >= 0.6 is 0 Å². The maximum absolute atomic E-state index is 11.6. The molecule has 1 atom stereocenters. The second-order valence-electron chi connectivity index (χ2n) is 13.0. The molecule has 0 bridgehead atoms. The number of imide groups is 2. The highest BCUT2D eigenvalue weighted by atomic mass is 16.6. The van der Waals surface area contributed by atoms with Gasteiger partial charge in [-0.2, -0.15) is 20.1 Å². The van der Waals surface area contributed by atoms with Crippen LogP contribution in [0.3, 0.4) is 0 Å². The number of hydrogen-bond donors (Lipinski definition) is 5. The van der Waals surface area contributed by atoms with E-state index < -0.39 is 38.8 Å². The first kappa shape index (κ1) is 44.5. The average molecular weight is 788 g/mol. The van der Waals surface area contributed by atoms with Gasteiger partial charge in [0.1, 0.15) is 5.41 Å². The Hall–Kier alpha value is -6.86. The number of azo groups is 1. The SMILES string of the molecule is C=CCC1(CC=C)C(=O)NC(=O)NC1=O.CCCCC(CC)CNc1nc(N)nc(NCCCN(C)c2ccc(N=Nc3ccc([N+](=O)[O-])cc3[N+](=O)[O-])cc2)n1. The molecule has 20 heteroatoms. The molecule has 0 spiro atoms. The summed E-state index contributed by atoms with van der Waals surface area (Å²) in [7, 11) is 1.96. The molecule has 304 valence electrons. The normalized spacial score (nSPS) is 13.7. The Morgan fingerprint density at radius 1 is 0.912 bits per heavy atom. The molecule has 1 unspecified atom stereocenters. The van der Waals surface area contributed by atoms with Gasteiger partial charge in [-0.15, -0.1) is 18.3 Å². The van der Waals surface area contributed by atoms with Crippen LogP contribution in [0.2, 0.25) is 0 Å². The maximum Gasteiger partial charge on any atom is 0.328 e. The number of nitrogens with one attached hydrogen (secondary N) is 4. The predicted molar refractivity (Wildman–Crippen MR) is 217 cm³/mol. The van der Waals surface area contributed by atoms with Crippen LogP contribution in [0.1, 0.15) is 58.8 Å². The van der Waals surface area contributed by atoms with Gasteiger partial charge in [0.2, 0.25) is 29.7 Å². The number of allylic oxidation sites excluding steroid dienone is 2. The highest BCUT2D eigenvalue weighted by Crippen LogP contribution is 2.33. The van der Waals surface area contributed by atoms with Crippen molar-refractivity contribution in [3.63, 3.8) is 0 Å². The number of nitro groups is 2. The smallest absolute Gasteiger partial charge is 0.328 e. The molecule has 20 nitrogen and oxygen atoms in total. The molecule has 0 saturated carbocycles. The van der Waals surface area contributed by atoms with Crippen LogP contribution < -0.4 is 31.9 Å². The number of carbonyl (C=O) groups excluding carboxylic acids is 3. The van der Waals surface area contributed by atoms with E-state index in [1.807, 2.05) is 19.2 Å². The Morgan fingerprint density at radius 3 is 2.11 bits per heavy atom. The Bertz CT molecular complexity index is 1910. The summed E-state index contributed by atoms with van der Waals surface area (Å²) >= 11 is 0. The molecule has 2 heterocycles. The fraction of sp³-hybridized carbons (Fsp3) is 0.405. The van der Waals surface area contributed by atoms with Gasteiger partial charge in [0, 0.05) is 38.4 Å². The van der Waals surface area contributed by atoms with Crippen molar-refractivity contribution in [1.82, 2.24) is 25.6 Å². The minimum atomic E-state index is -1.28. The van der Waals surface area contributed by atoms with Gasteiger partial charge in [0.05, 0.1) is 21.6 Å². The highest BCUT2D eigenvalue weighted by molar-refractivity contribution is 6.19. The van der Waals surface area contributed by atoms with Gasteiger partial charge >= 0.3 is 11.7 Å². The number of anilines is 4. The molecular weight excluding hydrogens is 738 g/mol. The Kier molecular flexibility index (Phi) is 17.1. The monoisotopic (exact) mass is 787 g/mol. The van der Waals surface area contributed by atoms with E-state index in [1.54, 1.807) is 12.1 Å². The second kappa shape index (κ2) is 21.9. The van der Waals surface area contributed by atoms with Crippen molar-refractivity contribution in [2.75, 3.05) is 47.9 Å². The van der Waals surface area contributed by atoms with Crippen molar-refractivity contribution >= 4 is 64.1 Å². The van der Waals surface area contributed by atoms with Crippen LogP contribution in [0, 0.1) is 31.6 Å². The summed E-state index contributed by atoms with van der Waals surface area (Å²) in [6.45, 7) is 13.5. The van der Waals surface area contributed by atoms with Crippen LogP contribution in [-0.4, -0.2) is 69.3 Å². The average Bonchev–Trinajstić information content (AvgIpc) is 3.18. The summed E-state index contributed by atoms with van der Waals surface area (Å²) in [6.07, 6.45) is 8.71. The van der Waals surface area contributed by atoms with Crippen molar-refractivity contribution in [2.24, 2.45) is 21.6 Å². The summed E-state index contributed by atoms with van der Waals surface area (Å²) in [6, 6.07) is 9.63. The van der Waals surface area contributed by atoms with Gasteiger partial charge in [-0.05, 0) is 61.9 Å². The molecule has 3 aromatic rings. The number of nitrogens with zero attached hydrogens (tertiary/aromatic N) is 8. The molecule has 6 N–H and O–H groups in total. The first-order chi connectivity index (χ1) is 27.3. The summed E-state index contributed by atoms with van der Waals surface area (Å²) in [5.74, 6) is 0.416. The van der Waals surface area contributed by atoms with Crippen molar-refractivity contribution in [3.8, 4) is 0 Å². The summed E-state index contributed by atoms with van der Waals surface area (Å²) in [4.78, 5) is 69.8. The standard InChI is InChI=1S/C27H37N11O4.C10H12N2O3/c1-4-6-8-19(5-2)18-30-27-32-25(28)31-26(33-27)29-15-7-16-36(3)21-11-9-20(10-12-21)34-35-23-14-13-22(37(39)40)17-24(23)38(41)42;1-3-5-10(6-4-2)7(13)11-9(15)12-8(10)14/h9-14,17,19H,4-8,15-16,18H2,1-3H3,(H4,28,29,30,31,32,33);3-4H,1-2,5-6H2,(H2,11,12,13,14,15). The van der Waals surface area contributed by atoms with Crippen LogP contribution in [0.4, 0.5) is 51.1 Å². The topological polar surface area (TPSA) is 278 Å². The van der Waals surface area contributed by atoms with E-state index in [2.05, 4.69) is 78.4 Å². The highest BCUT2D eigenvalue weighted by Gasteiger charge is 2.48. The van der Waals surface area contributed by atoms with E-state index in [4.69, 9.17) is 5.73 Å². The summed E-state index contributed by atoms with van der Waals surface area (Å²) in [5, 5.41) is 40.8. The molecule has 4 rings (SSSR count). The molecule has 1 aromatic heterocycles. The van der Waals surface area contributed by atoms with Crippen LogP contribution in [0.5, 0.6) is 0 Å². The quantitative estimate of drug-likeness (QED) is 0.0187. The van der Waals surface area contributed by atoms with E-state index >= 15 is 0 Å².